The van der Waals surface area contributed by atoms with E-state index < -0.39 is 11.2 Å². The molecule has 0 atom stereocenters. The number of nitrogens with zero attached hydrogens (tertiary/aromatic N) is 2. The summed E-state index contributed by atoms with van der Waals surface area (Å²) in [6.07, 6.45) is 0.792. The Morgan fingerprint density at radius 3 is 2.36 bits per heavy atom. The number of nitrogens with one attached hydrogen (secondary N) is 2. The normalized spacial score (nSPS) is 10.8. The monoisotopic (exact) mass is 442 g/mol. The number of benzene rings is 3. The third-order valence-electron chi connectivity index (χ3n) is 5.57. The van der Waals surface area contributed by atoms with E-state index in [9.17, 15) is 14.4 Å². The molecule has 168 valence electrons. The molecule has 33 heavy (non-hydrogen) atoms. The second kappa shape index (κ2) is 9.99. The number of H-pyrrole nitrogens is 1. The summed E-state index contributed by atoms with van der Waals surface area (Å²) in [6.45, 7) is 4.33. The SMILES string of the molecule is CCN(CCCNC(=O)c1ccc2c(=O)n(-c3ccccc3)c(=O)[nH]c2c1)c1ccccc1. The van der Waals surface area contributed by atoms with Gasteiger partial charge in [-0.15, -0.1) is 0 Å². The van der Waals surface area contributed by atoms with Gasteiger partial charge >= 0.3 is 5.69 Å². The van der Waals surface area contributed by atoms with Gasteiger partial charge in [0.2, 0.25) is 0 Å². The van der Waals surface area contributed by atoms with Gasteiger partial charge < -0.3 is 15.2 Å². The lowest BCUT2D eigenvalue weighted by Gasteiger charge is -2.23. The first-order chi connectivity index (χ1) is 16.1. The molecule has 0 saturated heterocycles. The molecule has 0 radical (unpaired) electrons. The summed E-state index contributed by atoms with van der Waals surface area (Å²) < 4.78 is 1.09. The number of para-hydroxylation sites is 2. The number of amides is 1. The first-order valence-electron chi connectivity index (χ1n) is 11.0. The van der Waals surface area contributed by atoms with Gasteiger partial charge in [-0.2, -0.15) is 0 Å². The van der Waals surface area contributed by atoms with Crippen LogP contribution in [0.15, 0.2) is 88.5 Å². The van der Waals surface area contributed by atoms with Gasteiger partial charge in [-0.1, -0.05) is 36.4 Å². The first-order valence-corrected chi connectivity index (χ1v) is 11.0. The number of rotatable bonds is 8. The van der Waals surface area contributed by atoms with Gasteiger partial charge in [-0.05, 0) is 55.8 Å². The molecule has 0 aliphatic heterocycles. The third kappa shape index (κ3) is 4.87. The number of fused-ring (bicyclic) bond motifs is 1. The van der Waals surface area contributed by atoms with E-state index in [1.54, 1.807) is 42.5 Å². The van der Waals surface area contributed by atoms with Crippen molar-refractivity contribution in [3.8, 4) is 5.69 Å². The number of hydrogen-bond donors (Lipinski definition) is 2. The van der Waals surface area contributed by atoms with E-state index in [0.717, 1.165) is 29.8 Å². The van der Waals surface area contributed by atoms with Crippen LogP contribution in [0.3, 0.4) is 0 Å². The van der Waals surface area contributed by atoms with Crippen molar-refractivity contribution in [3.63, 3.8) is 0 Å². The highest BCUT2D eigenvalue weighted by Gasteiger charge is 2.12. The maximum Gasteiger partial charge on any atom is 0.333 e. The van der Waals surface area contributed by atoms with E-state index in [2.05, 4.69) is 34.3 Å². The maximum absolute atomic E-state index is 12.9. The number of hydrogen-bond acceptors (Lipinski definition) is 4. The smallest absolute Gasteiger partial charge is 0.333 e. The lowest BCUT2D eigenvalue weighted by Crippen LogP contribution is -2.34. The quantitative estimate of drug-likeness (QED) is 0.410. The van der Waals surface area contributed by atoms with Crippen LogP contribution in [0.1, 0.15) is 23.7 Å². The zero-order valence-electron chi connectivity index (χ0n) is 18.5. The minimum Gasteiger partial charge on any atom is -0.372 e. The molecular weight excluding hydrogens is 416 g/mol. The van der Waals surface area contributed by atoms with Crippen LogP contribution in [0, 0.1) is 0 Å². The van der Waals surface area contributed by atoms with E-state index in [-0.39, 0.29) is 5.91 Å². The van der Waals surface area contributed by atoms with E-state index in [1.807, 2.05) is 24.3 Å². The lowest BCUT2D eigenvalue weighted by atomic mass is 10.1. The summed E-state index contributed by atoms with van der Waals surface area (Å²) in [4.78, 5) is 43.1. The lowest BCUT2D eigenvalue weighted by molar-refractivity contribution is 0.0953. The van der Waals surface area contributed by atoms with Gasteiger partial charge in [0.15, 0.2) is 0 Å². The second-order valence-electron chi connectivity index (χ2n) is 7.69. The zero-order chi connectivity index (χ0) is 23.2. The fraction of sp³-hybridized carbons (Fsp3) is 0.192. The van der Waals surface area contributed by atoms with Crippen LogP contribution in [0.25, 0.3) is 16.6 Å². The summed E-state index contributed by atoms with van der Waals surface area (Å²) in [6, 6.07) is 23.6. The van der Waals surface area contributed by atoms with Gasteiger partial charge in [0.25, 0.3) is 11.5 Å². The van der Waals surface area contributed by atoms with Gasteiger partial charge in [0.05, 0.1) is 16.6 Å². The topological polar surface area (TPSA) is 87.2 Å². The Hall–Kier alpha value is -4.13. The minimum absolute atomic E-state index is 0.243. The van der Waals surface area contributed by atoms with E-state index in [4.69, 9.17) is 0 Å². The van der Waals surface area contributed by atoms with Crippen LogP contribution in [-0.2, 0) is 0 Å². The summed E-state index contributed by atoms with van der Waals surface area (Å²) in [5.74, 6) is -0.243. The van der Waals surface area contributed by atoms with Crippen LogP contribution in [0.4, 0.5) is 5.69 Å². The Morgan fingerprint density at radius 2 is 1.67 bits per heavy atom. The van der Waals surface area contributed by atoms with Crippen LogP contribution in [0.5, 0.6) is 0 Å². The highest BCUT2D eigenvalue weighted by atomic mass is 16.2. The van der Waals surface area contributed by atoms with Crippen molar-refractivity contribution in [2.75, 3.05) is 24.5 Å². The van der Waals surface area contributed by atoms with Crippen molar-refractivity contribution in [1.82, 2.24) is 14.9 Å². The molecule has 1 aromatic heterocycles. The van der Waals surface area contributed by atoms with Crippen LogP contribution in [-0.4, -0.2) is 35.1 Å². The number of anilines is 1. The van der Waals surface area contributed by atoms with Crippen LogP contribution >= 0.6 is 0 Å². The van der Waals surface area contributed by atoms with Crippen LogP contribution < -0.4 is 21.5 Å². The fourth-order valence-corrected chi connectivity index (χ4v) is 3.85. The fourth-order valence-electron chi connectivity index (χ4n) is 3.85. The summed E-state index contributed by atoms with van der Waals surface area (Å²) in [5.41, 5.74) is 1.41. The van der Waals surface area contributed by atoms with Crippen molar-refractivity contribution in [1.29, 1.82) is 0 Å². The number of aromatic nitrogens is 2. The van der Waals surface area contributed by atoms with Gasteiger partial charge in [-0.3, -0.25) is 9.59 Å². The second-order valence-corrected chi connectivity index (χ2v) is 7.69. The number of carbonyl (C=O) groups is 1. The summed E-state index contributed by atoms with van der Waals surface area (Å²) in [5, 5.41) is 3.26. The van der Waals surface area contributed by atoms with Crippen molar-refractivity contribution in [3.05, 3.63) is 105 Å². The maximum atomic E-state index is 12.9. The van der Waals surface area contributed by atoms with Crippen molar-refractivity contribution in [2.45, 2.75) is 13.3 Å². The molecule has 1 amide bonds. The predicted octanol–water partition coefficient (Wildman–Crippen LogP) is 3.33. The average Bonchev–Trinajstić information content (AvgIpc) is 2.85. The first kappa shape index (κ1) is 22.1. The highest BCUT2D eigenvalue weighted by Crippen LogP contribution is 2.13. The minimum atomic E-state index is -0.545. The molecule has 0 bridgehead atoms. The molecule has 0 fully saturated rings. The Balaban J connectivity index is 1.45. The summed E-state index contributed by atoms with van der Waals surface area (Å²) in [7, 11) is 0. The number of aromatic amines is 1. The third-order valence-corrected chi connectivity index (χ3v) is 5.57. The predicted molar refractivity (Wildman–Crippen MR) is 131 cm³/mol. The van der Waals surface area contributed by atoms with Gasteiger partial charge in [0.1, 0.15) is 0 Å². The molecule has 0 saturated carbocycles. The molecule has 2 N–H and O–H groups in total. The van der Waals surface area contributed by atoms with Gasteiger partial charge in [-0.25, -0.2) is 9.36 Å². The van der Waals surface area contributed by atoms with Crippen molar-refractivity contribution < 1.29 is 4.79 Å². The molecule has 1 heterocycles. The molecule has 4 rings (SSSR count). The Morgan fingerprint density at radius 1 is 0.970 bits per heavy atom. The molecule has 0 aliphatic rings. The largest absolute Gasteiger partial charge is 0.372 e. The number of carbonyl (C=O) groups excluding carboxylic acids is 1. The molecule has 0 spiro atoms. The zero-order valence-corrected chi connectivity index (χ0v) is 18.5. The molecular formula is C26H26N4O3. The molecule has 0 aliphatic carbocycles. The van der Waals surface area contributed by atoms with E-state index in [1.165, 1.54) is 0 Å². The average molecular weight is 443 g/mol. The Bertz CT molecular complexity index is 1360. The van der Waals surface area contributed by atoms with E-state index >= 15 is 0 Å². The standard InChI is InChI=1S/C26H26N4O3/c1-2-29(20-10-5-3-6-11-20)17-9-16-27-24(31)19-14-15-22-23(18-19)28-26(33)30(25(22)32)21-12-7-4-8-13-21/h3-8,10-15,18H,2,9,16-17H2,1H3,(H,27,31)(H,28,33). The molecule has 7 heteroatoms. The van der Waals surface area contributed by atoms with Crippen molar-refractivity contribution >= 4 is 22.5 Å². The Kier molecular flexibility index (Phi) is 6.69. The molecule has 7 nitrogen and oxygen atoms in total. The Labute approximate surface area is 191 Å². The van der Waals surface area contributed by atoms with E-state index in [0.29, 0.717) is 28.7 Å². The molecule has 0 unspecified atom stereocenters. The molecule has 3 aromatic carbocycles. The van der Waals surface area contributed by atoms with Gasteiger partial charge in [0, 0.05) is 30.9 Å². The van der Waals surface area contributed by atoms with Crippen LogP contribution in [0.2, 0.25) is 0 Å². The molecule has 4 aromatic rings. The van der Waals surface area contributed by atoms with Crippen molar-refractivity contribution in [2.24, 2.45) is 0 Å². The highest BCUT2D eigenvalue weighted by molar-refractivity contribution is 5.97. The summed E-state index contributed by atoms with van der Waals surface area (Å²) >= 11 is 0.